The van der Waals surface area contributed by atoms with Crippen molar-refractivity contribution in [1.82, 2.24) is 0 Å². The SMILES string of the molecule is Cc1c(C(N)=O)sc(NC(=O)COc2ccc([N+](=O)[O-])cc2)c1C(=O)OC(C)C. The molecule has 0 spiro atoms. The smallest absolute Gasteiger partial charge is 0.341 e. The lowest BCUT2D eigenvalue weighted by Crippen LogP contribution is -2.21. The maximum atomic E-state index is 12.4. The standard InChI is InChI=1S/C18H19N3O7S/c1-9(2)28-18(24)14-10(3)15(16(19)23)29-17(14)20-13(22)8-27-12-6-4-11(5-7-12)21(25)26/h4-7,9H,8H2,1-3H3,(H2,19,23)(H,20,22). The molecule has 1 aromatic carbocycles. The quantitative estimate of drug-likeness (QED) is 0.378. The van der Waals surface area contributed by atoms with E-state index in [1.807, 2.05) is 0 Å². The number of anilines is 1. The Morgan fingerprint density at radius 1 is 1.24 bits per heavy atom. The Morgan fingerprint density at radius 3 is 2.38 bits per heavy atom. The molecule has 1 heterocycles. The number of ether oxygens (including phenoxy) is 2. The van der Waals surface area contributed by atoms with Crippen LogP contribution in [0.4, 0.5) is 10.7 Å². The first-order valence-corrected chi connectivity index (χ1v) is 9.23. The number of rotatable bonds is 8. The highest BCUT2D eigenvalue weighted by Crippen LogP contribution is 2.33. The molecule has 0 aliphatic carbocycles. The van der Waals surface area contributed by atoms with E-state index in [9.17, 15) is 24.5 Å². The molecule has 10 nitrogen and oxygen atoms in total. The predicted octanol–water partition coefficient (Wildman–Crippen LogP) is 2.65. The van der Waals surface area contributed by atoms with Gasteiger partial charge in [-0.1, -0.05) is 0 Å². The van der Waals surface area contributed by atoms with Gasteiger partial charge in [0.1, 0.15) is 10.8 Å². The van der Waals surface area contributed by atoms with Gasteiger partial charge in [0.05, 0.1) is 21.5 Å². The van der Waals surface area contributed by atoms with Crippen molar-refractivity contribution in [1.29, 1.82) is 0 Å². The lowest BCUT2D eigenvalue weighted by Gasteiger charge is -2.11. The average molecular weight is 421 g/mol. The zero-order chi connectivity index (χ0) is 21.7. The van der Waals surface area contributed by atoms with Crippen LogP contribution in [0, 0.1) is 17.0 Å². The molecular formula is C18H19N3O7S. The molecular weight excluding hydrogens is 402 g/mol. The first-order chi connectivity index (χ1) is 13.6. The first-order valence-electron chi connectivity index (χ1n) is 8.41. The molecule has 0 unspecified atom stereocenters. The maximum absolute atomic E-state index is 12.4. The van der Waals surface area contributed by atoms with E-state index < -0.39 is 35.4 Å². The summed E-state index contributed by atoms with van der Waals surface area (Å²) in [5, 5.41) is 13.3. The highest BCUT2D eigenvalue weighted by Gasteiger charge is 2.26. The van der Waals surface area contributed by atoms with Crippen LogP contribution in [0.25, 0.3) is 0 Å². The third kappa shape index (κ3) is 5.51. The van der Waals surface area contributed by atoms with Crippen molar-refractivity contribution < 1.29 is 28.8 Å². The van der Waals surface area contributed by atoms with Gasteiger partial charge in [0.25, 0.3) is 17.5 Å². The molecule has 0 bridgehead atoms. The van der Waals surface area contributed by atoms with E-state index in [2.05, 4.69) is 5.32 Å². The summed E-state index contributed by atoms with van der Waals surface area (Å²) >= 11 is 0.867. The fraction of sp³-hybridized carbons (Fsp3) is 0.278. The molecule has 11 heteroatoms. The van der Waals surface area contributed by atoms with Crippen molar-refractivity contribution in [2.75, 3.05) is 11.9 Å². The van der Waals surface area contributed by atoms with Crippen molar-refractivity contribution in [3.8, 4) is 5.75 Å². The molecule has 2 amide bonds. The second-order valence-electron chi connectivity index (χ2n) is 6.17. The Morgan fingerprint density at radius 2 is 1.86 bits per heavy atom. The largest absolute Gasteiger partial charge is 0.484 e. The summed E-state index contributed by atoms with van der Waals surface area (Å²) in [5.41, 5.74) is 5.60. The third-order valence-corrected chi connectivity index (χ3v) is 4.81. The van der Waals surface area contributed by atoms with E-state index in [0.717, 1.165) is 11.3 Å². The Bertz CT molecular complexity index is 951. The normalized spacial score (nSPS) is 10.5. The van der Waals surface area contributed by atoms with Crippen LogP contribution in [-0.2, 0) is 9.53 Å². The van der Waals surface area contributed by atoms with E-state index >= 15 is 0 Å². The molecule has 0 aliphatic heterocycles. The van der Waals surface area contributed by atoms with Crippen LogP contribution in [0.1, 0.15) is 39.4 Å². The average Bonchev–Trinajstić information content (AvgIpc) is 2.96. The molecule has 0 aliphatic rings. The minimum absolute atomic E-state index is 0.0567. The fourth-order valence-corrected chi connectivity index (χ4v) is 3.39. The zero-order valence-corrected chi connectivity index (χ0v) is 16.7. The molecule has 29 heavy (non-hydrogen) atoms. The summed E-state index contributed by atoms with van der Waals surface area (Å²) in [6.07, 6.45) is -0.396. The van der Waals surface area contributed by atoms with E-state index in [-0.39, 0.29) is 26.9 Å². The number of non-ortho nitro benzene ring substituents is 1. The predicted molar refractivity (Wildman–Crippen MR) is 105 cm³/mol. The van der Waals surface area contributed by atoms with Crippen LogP contribution in [0.3, 0.4) is 0 Å². The maximum Gasteiger partial charge on any atom is 0.341 e. The molecule has 0 radical (unpaired) electrons. The summed E-state index contributed by atoms with van der Waals surface area (Å²) in [6.45, 7) is 4.46. The number of nitrogens with two attached hydrogens (primary N) is 1. The van der Waals surface area contributed by atoms with Gasteiger partial charge < -0.3 is 20.5 Å². The lowest BCUT2D eigenvalue weighted by atomic mass is 10.1. The summed E-state index contributed by atoms with van der Waals surface area (Å²) in [7, 11) is 0. The van der Waals surface area contributed by atoms with E-state index in [4.69, 9.17) is 15.2 Å². The topological polar surface area (TPSA) is 151 Å². The van der Waals surface area contributed by atoms with E-state index in [1.54, 1.807) is 13.8 Å². The molecule has 0 saturated carbocycles. The number of benzene rings is 1. The van der Waals surface area contributed by atoms with E-state index in [1.165, 1.54) is 31.2 Å². The highest BCUT2D eigenvalue weighted by molar-refractivity contribution is 7.18. The molecule has 154 valence electrons. The summed E-state index contributed by atoms with van der Waals surface area (Å²) in [6, 6.07) is 5.21. The summed E-state index contributed by atoms with van der Waals surface area (Å²) in [5.74, 6) is -1.76. The lowest BCUT2D eigenvalue weighted by molar-refractivity contribution is -0.384. The fourth-order valence-electron chi connectivity index (χ4n) is 2.33. The van der Waals surface area contributed by atoms with Crippen LogP contribution in [0.5, 0.6) is 5.75 Å². The van der Waals surface area contributed by atoms with Crippen LogP contribution < -0.4 is 15.8 Å². The Balaban J connectivity index is 2.14. The molecule has 0 saturated heterocycles. The molecule has 2 rings (SSSR count). The van der Waals surface area contributed by atoms with Gasteiger partial charge >= 0.3 is 5.97 Å². The molecule has 0 atom stereocenters. The second kappa shape index (κ2) is 9.15. The second-order valence-corrected chi connectivity index (χ2v) is 7.19. The number of hydrogen-bond acceptors (Lipinski definition) is 8. The van der Waals surface area contributed by atoms with Crippen molar-refractivity contribution in [3.63, 3.8) is 0 Å². The number of hydrogen-bond donors (Lipinski definition) is 2. The minimum atomic E-state index is -0.728. The van der Waals surface area contributed by atoms with Gasteiger partial charge in [0.2, 0.25) is 0 Å². The molecule has 3 N–H and O–H groups in total. The van der Waals surface area contributed by atoms with Gasteiger partial charge in [0.15, 0.2) is 6.61 Å². The Kier molecular flexibility index (Phi) is 6.89. The van der Waals surface area contributed by atoms with Gasteiger partial charge in [-0.25, -0.2) is 4.79 Å². The number of carbonyl (C=O) groups excluding carboxylic acids is 3. The molecule has 0 fully saturated rings. The number of amides is 2. The minimum Gasteiger partial charge on any atom is -0.484 e. The number of carbonyl (C=O) groups is 3. The van der Waals surface area contributed by atoms with Gasteiger partial charge in [-0.3, -0.25) is 19.7 Å². The number of nitrogens with zero attached hydrogens (tertiary/aromatic N) is 1. The number of nitro benzene ring substituents is 1. The Labute approximate surface area is 169 Å². The van der Waals surface area contributed by atoms with Gasteiger partial charge in [-0.15, -0.1) is 11.3 Å². The Hall–Kier alpha value is -3.47. The van der Waals surface area contributed by atoms with Crippen molar-refractivity contribution in [3.05, 3.63) is 50.4 Å². The number of nitro groups is 1. The summed E-state index contributed by atoms with van der Waals surface area (Å²) < 4.78 is 10.5. The van der Waals surface area contributed by atoms with Crippen molar-refractivity contribution >= 4 is 39.8 Å². The number of nitrogens with one attached hydrogen (secondary N) is 1. The summed E-state index contributed by atoms with van der Waals surface area (Å²) in [4.78, 5) is 46.4. The van der Waals surface area contributed by atoms with Gasteiger partial charge in [-0.05, 0) is 38.5 Å². The number of esters is 1. The zero-order valence-electron chi connectivity index (χ0n) is 15.9. The first kappa shape index (κ1) is 21.8. The third-order valence-electron chi connectivity index (χ3n) is 3.59. The van der Waals surface area contributed by atoms with Crippen molar-refractivity contribution in [2.24, 2.45) is 5.73 Å². The highest BCUT2D eigenvalue weighted by atomic mass is 32.1. The van der Waals surface area contributed by atoms with Crippen molar-refractivity contribution in [2.45, 2.75) is 26.9 Å². The number of thiophene rings is 1. The van der Waals surface area contributed by atoms with Gasteiger partial charge in [-0.2, -0.15) is 0 Å². The number of primary amides is 1. The monoisotopic (exact) mass is 421 g/mol. The van der Waals surface area contributed by atoms with Crippen LogP contribution in [-0.4, -0.2) is 35.4 Å². The van der Waals surface area contributed by atoms with E-state index in [0.29, 0.717) is 5.56 Å². The van der Waals surface area contributed by atoms with Crippen LogP contribution in [0.2, 0.25) is 0 Å². The van der Waals surface area contributed by atoms with Crippen LogP contribution in [0.15, 0.2) is 24.3 Å². The molecule has 2 aromatic rings. The van der Waals surface area contributed by atoms with Gasteiger partial charge in [0, 0.05) is 12.1 Å². The molecule has 1 aromatic heterocycles. The van der Waals surface area contributed by atoms with Crippen LogP contribution >= 0.6 is 11.3 Å².